The summed E-state index contributed by atoms with van der Waals surface area (Å²) in [7, 11) is -3.61. The first kappa shape index (κ1) is 16.0. The molecular weight excluding hydrogens is 312 g/mol. The number of primary sulfonamides is 1. The standard InChI is InChI=1S/C17H20N2O3S/c18-23(20,21)16-4-1-13(2-5-16)7-9-19-12-14-3-6-17-15(11-14)8-10-22-17/h1-6,11,19H,7-10,12H2,(H2,18,20,21). The average molecular weight is 332 g/mol. The maximum Gasteiger partial charge on any atom is 0.238 e. The van der Waals surface area contributed by atoms with Gasteiger partial charge in [0, 0.05) is 13.0 Å². The second-order valence-electron chi connectivity index (χ2n) is 5.66. The van der Waals surface area contributed by atoms with Gasteiger partial charge in [0.1, 0.15) is 5.75 Å². The molecule has 1 aliphatic rings. The van der Waals surface area contributed by atoms with Crippen molar-refractivity contribution in [3.8, 4) is 5.75 Å². The predicted octanol–water partition coefficient (Wildman–Crippen LogP) is 1.60. The van der Waals surface area contributed by atoms with E-state index in [-0.39, 0.29) is 4.90 Å². The second kappa shape index (κ2) is 6.70. The Kier molecular flexibility index (Phi) is 4.66. The van der Waals surface area contributed by atoms with E-state index in [9.17, 15) is 8.42 Å². The molecule has 122 valence electrons. The number of nitrogens with one attached hydrogen (secondary N) is 1. The molecule has 2 aromatic carbocycles. The Balaban J connectivity index is 1.48. The van der Waals surface area contributed by atoms with Gasteiger partial charge in [-0.05, 0) is 47.9 Å². The number of sulfonamides is 1. The molecule has 0 aliphatic carbocycles. The lowest BCUT2D eigenvalue weighted by Gasteiger charge is -2.07. The number of nitrogens with two attached hydrogens (primary N) is 1. The monoisotopic (exact) mass is 332 g/mol. The molecule has 3 N–H and O–H groups in total. The molecule has 0 radical (unpaired) electrons. The van der Waals surface area contributed by atoms with Crippen LogP contribution in [0.1, 0.15) is 16.7 Å². The summed E-state index contributed by atoms with van der Waals surface area (Å²) in [5.74, 6) is 1.00. The number of benzene rings is 2. The third-order valence-corrected chi connectivity index (χ3v) is 4.85. The van der Waals surface area contributed by atoms with E-state index in [1.807, 2.05) is 6.07 Å². The van der Waals surface area contributed by atoms with E-state index in [1.54, 1.807) is 24.3 Å². The summed E-state index contributed by atoms with van der Waals surface area (Å²) in [6.07, 6.45) is 1.82. The van der Waals surface area contributed by atoms with Crippen LogP contribution in [0.3, 0.4) is 0 Å². The van der Waals surface area contributed by atoms with E-state index in [1.165, 1.54) is 11.1 Å². The van der Waals surface area contributed by atoms with Crippen molar-refractivity contribution in [1.29, 1.82) is 0 Å². The fourth-order valence-corrected chi connectivity index (χ4v) is 3.18. The van der Waals surface area contributed by atoms with Crippen LogP contribution < -0.4 is 15.2 Å². The van der Waals surface area contributed by atoms with Gasteiger partial charge in [-0.25, -0.2) is 13.6 Å². The molecule has 1 aliphatic heterocycles. The van der Waals surface area contributed by atoms with Gasteiger partial charge in [-0.3, -0.25) is 0 Å². The fourth-order valence-electron chi connectivity index (χ4n) is 2.66. The van der Waals surface area contributed by atoms with Crippen LogP contribution in [-0.2, 0) is 29.4 Å². The Morgan fingerprint density at radius 3 is 2.57 bits per heavy atom. The van der Waals surface area contributed by atoms with Crippen LogP contribution in [0.15, 0.2) is 47.4 Å². The zero-order valence-corrected chi connectivity index (χ0v) is 13.6. The molecule has 0 fully saturated rings. The summed E-state index contributed by atoms with van der Waals surface area (Å²) < 4.78 is 27.9. The topological polar surface area (TPSA) is 81.4 Å². The molecule has 5 nitrogen and oxygen atoms in total. The van der Waals surface area contributed by atoms with E-state index >= 15 is 0 Å². The SMILES string of the molecule is NS(=O)(=O)c1ccc(CCNCc2ccc3c(c2)CCO3)cc1. The van der Waals surface area contributed by atoms with Crippen molar-refractivity contribution in [2.45, 2.75) is 24.3 Å². The molecule has 6 heteroatoms. The van der Waals surface area contributed by atoms with Gasteiger partial charge < -0.3 is 10.1 Å². The van der Waals surface area contributed by atoms with Gasteiger partial charge in [0.2, 0.25) is 10.0 Å². The predicted molar refractivity (Wildman–Crippen MR) is 88.9 cm³/mol. The highest BCUT2D eigenvalue weighted by molar-refractivity contribution is 7.89. The van der Waals surface area contributed by atoms with Crippen molar-refractivity contribution in [2.75, 3.05) is 13.2 Å². The van der Waals surface area contributed by atoms with Crippen molar-refractivity contribution in [1.82, 2.24) is 5.32 Å². The molecule has 0 bridgehead atoms. The molecule has 0 amide bonds. The number of hydrogen-bond acceptors (Lipinski definition) is 4. The van der Waals surface area contributed by atoms with Gasteiger partial charge in [0.25, 0.3) is 0 Å². The molecule has 0 atom stereocenters. The maximum absolute atomic E-state index is 11.2. The van der Waals surface area contributed by atoms with Gasteiger partial charge in [-0.2, -0.15) is 0 Å². The van der Waals surface area contributed by atoms with Crippen LogP contribution in [0, 0.1) is 0 Å². The van der Waals surface area contributed by atoms with Crippen molar-refractivity contribution >= 4 is 10.0 Å². The third kappa shape index (κ3) is 4.10. The van der Waals surface area contributed by atoms with E-state index in [0.29, 0.717) is 0 Å². The lowest BCUT2D eigenvalue weighted by Crippen LogP contribution is -2.17. The van der Waals surface area contributed by atoms with Gasteiger partial charge in [0.15, 0.2) is 0 Å². The first-order chi connectivity index (χ1) is 11.0. The Morgan fingerprint density at radius 1 is 1.09 bits per heavy atom. The van der Waals surface area contributed by atoms with E-state index in [4.69, 9.17) is 9.88 Å². The summed E-state index contributed by atoms with van der Waals surface area (Å²) in [6, 6.07) is 13.0. The number of fused-ring (bicyclic) bond motifs is 1. The van der Waals surface area contributed by atoms with Crippen molar-refractivity contribution < 1.29 is 13.2 Å². The number of hydrogen-bond donors (Lipinski definition) is 2. The first-order valence-corrected chi connectivity index (χ1v) is 9.14. The van der Waals surface area contributed by atoms with E-state index in [0.717, 1.165) is 43.9 Å². The zero-order valence-electron chi connectivity index (χ0n) is 12.8. The van der Waals surface area contributed by atoms with Crippen LogP contribution in [0.2, 0.25) is 0 Å². The van der Waals surface area contributed by atoms with Crippen LogP contribution in [0.5, 0.6) is 5.75 Å². The van der Waals surface area contributed by atoms with Crippen molar-refractivity contribution in [3.05, 3.63) is 59.2 Å². The maximum atomic E-state index is 11.2. The van der Waals surface area contributed by atoms with Gasteiger partial charge in [-0.1, -0.05) is 24.3 Å². The minimum absolute atomic E-state index is 0.148. The third-order valence-electron chi connectivity index (χ3n) is 3.93. The molecule has 1 heterocycles. The first-order valence-electron chi connectivity index (χ1n) is 7.59. The lowest BCUT2D eigenvalue weighted by molar-refractivity contribution is 0.357. The molecule has 2 aromatic rings. The fraction of sp³-hybridized carbons (Fsp3) is 0.294. The summed E-state index contributed by atoms with van der Waals surface area (Å²) in [5.41, 5.74) is 3.61. The highest BCUT2D eigenvalue weighted by Crippen LogP contribution is 2.25. The molecule has 0 aromatic heterocycles. The molecular formula is C17H20N2O3S. The quantitative estimate of drug-likeness (QED) is 0.787. The van der Waals surface area contributed by atoms with Crippen molar-refractivity contribution in [2.24, 2.45) is 5.14 Å². The summed E-state index contributed by atoms with van der Waals surface area (Å²) >= 11 is 0. The lowest BCUT2D eigenvalue weighted by atomic mass is 10.1. The highest BCUT2D eigenvalue weighted by Gasteiger charge is 2.11. The summed E-state index contributed by atoms with van der Waals surface area (Å²) in [5, 5.41) is 8.48. The molecule has 0 unspecified atom stereocenters. The summed E-state index contributed by atoms with van der Waals surface area (Å²) in [4.78, 5) is 0.148. The molecule has 23 heavy (non-hydrogen) atoms. The number of ether oxygens (including phenoxy) is 1. The summed E-state index contributed by atoms with van der Waals surface area (Å²) in [6.45, 7) is 2.41. The Morgan fingerprint density at radius 2 is 1.83 bits per heavy atom. The second-order valence-corrected chi connectivity index (χ2v) is 7.22. The molecule has 3 rings (SSSR count). The van der Waals surface area contributed by atoms with Gasteiger partial charge >= 0.3 is 0 Å². The number of rotatable bonds is 6. The smallest absolute Gasteiger partial charge is 0.238 e. The van der Waals surface area contributed by atoms with Crippen molar-refractivity contribution in [3.63, 3.8) is 0 Å². The molecule has 0 spiro atoms. The minimum atomic E-state index is -3.61. The minimum Gasteiger partial charge on any atom is -0.493 e. The van der Waals surface area contributed by atoms with Crippen LogP contribution >= 0.6 is 0 Å². The Bertz CT molecular complexity index is 786. The highest BCUT2D eigenvalue weighted by atomic mass is 32.2. The van der Waals surface area contributed by atoms with Gasteiger partial charge in [-0.15, -0.1) is 0 Å². The van der Waals surface area contributed by atoms with E-state index in [2.05, 4.69) is 17.4 Å². The normalized spacial score (nSPS) is 13.6. The molecule has 0 saturated heterocycles. The van der Waals surface area contributed by atoms with Crippen LogP contribution in [0.25, 0.3) is 0 Å². The Hall–Kier alpha value is -1.89. The molecule has 0 saturated carbocycles. The Labute approximate surface area is 136 Å². The largest absolute Gasteiger partial charge is 0.493 e. The zero-order chi connectivity index (χ0) is 16.3. The van der Waals surface area contributed by atoms with E-state index < -0.39 is 10.0 Å². The average Bonchev–Trinajstić information content (AvgIpc) is 2.99. The van der Waals surface area contributed by atoms with Gasteiger partial charge in [0.05, 0.1) is 11.5 Å². The van der Waals surface area contributed by atoms with Crippen LogP contribution in [0.4, 0.5) is 0 Å². The van der Waals surface area contributed by atoms with Crippen LogP contribution in [-0.4, -0.2) is 21.6 Å².